The smallest absolute Gasteiger partial charge is 0.296 e. The lowest BCUT2D eigenvalue weighted by molar-refractivity contribution is 0.234. The molecule has 0 amide bonds. The van der Waals surface area contributed by atoms with E-state index in [1.807, 2.05) is 0 Å². The van der Waals surface area contributed by atoms with Gasteiger partial charge in [0, 0.05) is 0 Å². The number of rotatable bonds is 23. The van der Waals surface area contributed by atoms with Gasteiger partial charge >= 0.3 is 8.56 Å². The minimum absolute atomic E-state index is 1.21. The number of benzene rings is 1. The maximum absolute atomic E-state index is 4.16. The molecule has 0 fully saturated rings. The van der Waals surface area contributed by atoms with Crippen LogP contribution in [0.4, 0.5) is 0 Å². The van der Waals surface area contributed by atoms with Gasteiger partial charge in [0.1, 0.15) is 0 Å². The zero-order valence-electron chi connectivity index (χ0n) is 25.2. The molecule has 0 aliphatic carbocycles. The fraction of sp³-hybridized carbons (Fsp3) is 0.750. The quantitative estimate of drug-likeness (QED) is 0.136. The third-order valence-corrected chi connectivity index (χ3v) is 12.6. The molecular formula is C32H61N3Si. The lowest BCUT2D eigenvalue weighted by Gasteiger charge is -2.55. The van der Waals surface area contributed by atoms with Crippen LogP contribution in [0.5, 0.6) is 0 Å². The summed E-state index contributed by atoms with van der Waals surface area (Å²) in [5.74, 6) is 0. The average molecular weight is 516 g/mol. The molecule has 36 heavy (non-hydrogen) atoms. The molecule has 0 aliphatic rings. The Kier molecular flexibility index (Phi) is 18.4. The summed E-state index contributed by atoms with van der Waals surface area (Å²) in [5, 5.41) is 1.59. The Hall–Kier alpha value is -0.943. The van der Waals surface area contributed by atoms with Crippen molar-refractivity contribution in [1.29, 1.82) is 0 Å². The largest absolute Gasteiger partial charge is 0.323 e. The summed E-state index contributed by atoms with van der Waals surface area (Å²) in [7, 11) is -2.38. The maximum atomic E-state index is 4.16. The van der Waals surface area contributed by atoms with Crippen molar-refractivity contribution in [3.63, 3.8) is 0 Å². The van der Waals surface area contributed by atoms with E-state index in [2.05, 4.69) is 92.2 Å². The molecule has 0 spiro atoms. The van der Waals surface area contributed by atoms with Crippen molar-refractivity contribution in [2.75, 3.05) is 39.3 Å². The molecule has 4 heteroatoms. The van der Waals surface area contributed by atoms with Crippen LogP contribution in [0.25, 0.3) is 6.08 Å². The third kappa shape index (κ3) is 9.74. The molecule has 1 aromatic rings. The molecule has 0 aliphatic heterocycles. The van der Waals surface area contributed by atoms with Crippen LogP contribution < -0.4 is 5.19 Å². The molecule has 0 bridgehead atoms. The minimum Gasteiger partial charge on any atom is -0.296 e. The number of hydrogen-bond acceptors (Lipinski definition) is 3. The molecule has 3 nitrogen and oxygen atoms in total. The molecule has 1 rings (SSSR count). The van der Waals surface area contributed by atoms with Crippen molar-refractivity contribution in [2.24, 2.45) is 0 Å². The molecule has 0 saturated carbocycles. The Labute approximate surface area is 227 Å². The summed E-state index contributed by atoms with van der Waals surface area (Å²) in [4.78, 5) is 0. The molecule has 0 radical (unpaired) electrons. The average Bonchev–Trinajstić information content (AvgIpc) is 2.91. The van der Waals surface area contributed by atoms with E-state index in [1.165, 1.54) is 122 Å². The van der Waals surface area contributed by atoms with Gasteiger partial charge in [0.2, 0.25) is 0 Å². The molecule has 0 saturated heterocycles. The minimum atomic E-state index is -2.38. The van der Waals surface area contributed by atoms with Gasteiger partial charge in [-0.3, -0.25) is 13.7 Å². The SMILES string of the molecule is C=Cc1cccc([Si](N(CCCC)CCCC)(N(CCCC)CCCC)N(CCCC)CCCC)c1. The van der Waals surface area contributed by atoms with Gasteiger partial charge in [0.25, 0.3) is 0 Å². The highest BCUT2D eigenvalue weighted by atomic mass is 28.4. The fourth-order valence-corrected chi connectivity index (χ4v) is 11.2. The van der Waals surface area contributed by atoms with Crippen molar-refractivity contribution < 1.29 is 0 Å². The first kappa shape index (κ1) is 33.1. The van der Waals surface area contributed by atoms with Gasteiger partial charge in [-0.25, -0.2) is 0 Å². The van der Waals surface area contributed by atoms with Crippen molar-refractivity contribution in [3.05, 3.63) is 36.4 Å². The summed E-state index contributed by atoms with van der Waals surface area (Å²) in [6.07, 6.45) is 17.3. The first-order valence-electron chi connectivity index (χ1n) is 15.6. The molecule has 208 valence electrons. The highest BCUT2D eigenvalue weighted by Gasteiger charge is 2.52. The van der Waals surface area contributed by atoms with Gasteiger partial charge in [0.15, 0.2) is 0 Å². The van der Waals surface area contributed by atoms with Gasteiger partial charge in [-0.15, -0.1) is 0 Å². The lowest BCUT2D eigenvalue weighted by Crippen LogP contribution is -2.82. The highest BCUT2D eigenvalue weighted by Crippen LogP contribution is 2.26. The van der Waals surface area contributed by atoms with Crippen LogP contribution in [0.3, 0.4) is 0 Å². The Morgan fingerprint density at radius 1 is 0.583 bits per heavy atom. The third-order valence-electron chi connectivity index (χ3n) is 7.52. The second-order valence-corrected chi connectivity index (χ2v) is 14.3. The van der Waals surface area contributed by atoms with Crippen LogP contribution in [0, 0.1) is 0 Å². The number of unbranched alkanes of at least 4 members (excludes halogenated alkanes) is 6. The predicted molar refractivity (Wildman–Crippen MR) is 166 cm³/mol. The van der Waals surface area contributed by atoms with Crippen LogP contribution in [0.1, 0.15) is 124 Å². The van der Waals surface area contributed by atoms with E-state index in [9.17, 15) is 0 Å². The maximum Gasteiger partial charge on any atom is 0.323 e. The second kappa shape index (κ2) is 20.1. The van der Waals surface area contributed by atoms with E-state index in [4.69, 9.17) is 0 Å². The summed E-state index contributed by atoms with van der Waals surface area (Å²) < 4.78 is 9.12. The first-order valence-corrected chi connectivity index (χ1v) is 17.4. The highest BCUT2D eigenvalue weighted by molar-refractivity contribution is 6.84. The Morgan fingerprint density at radius 3 is 1.19 bits per heavy atom. The van der Waals surface area contributed by atoms with Gasteiger partial charge in [-0.05, 0) is 88.5 Å². The van der Waals surface area contributed by atoms with Crippen molar-refractivity contribution in [1.82, 2.24) is 13.7 Å². The van der Waals surface area contributed by atoms with E-state index in [1.54, 1.807) is 5.19 Å². The van der Waals surface area contributed by atoms with Crippen molar-refractivity contribution >= 4 is 19.8 Å². The lowest BCUT2D eigenvalue weighted by atomic mass is 10.2. The van der Waals surface area contributed by atoms with E-state index < -0.39 is 8.56 Å². The summed E-state index contributed by atoms with van der Waals surface area (Å²) in [6.45, 7) is 25.6. The van der Waals surface area contributed by atoms with E-state index in [-0.39, 0.29) is 0 Å². The van der Waals surface area contributed by atoms with Crippen LogP contribution in [0.2, 0.25) is 0 Å². The predicted octanol–water partition coefficient (Wildman–Crippen LogP) is 8.18. The van der Waals surface area contributed by atoms with Crippen molar-refractivity contribution in [3.8, 4) is 0 Å². The van der Waals surface area contributed by atoms with E-state index in [0.29, 0.717) is 0 Å². The van der Waals surface area contributed by atoms with Crippen molar-refractivity contribution in [2.45, 2.75) is 119 Å². The molecule has 1 aromatic carbocycles. The molecule has 0 heterocycles. The number of hydrogen-bond donors (Lipinski definition) is 0. The van der Waals surface area contributed by atoms with Crippen LogP contribution in [-0.2, 0) is 0 Å². The van der Waals surface area contributed by atoms with Crippen LogP contribution in [0.15, 0.2) is 30.8 Å². The summed E-state index contributed by atoms with van der Waals surface area (Å²) >= 11 is 0. The van der Waals surface area contributed by atoms with Crippen LogP contribution >= 0.6 is 0 Å². The molecule has 0 unspecified atom stereocenters. The second-order valence-electron chi connectivity index (χ2n) is 10.5. The molecular weight excluding hydrogens is 454 g/mol. The van der Waals surface area contributed by atoms with Gasteiger partial charge in [0.05, 0.1) is 0 Å². The van der Waals surface area contributed by atoms with Gasteiger partial charge < -0.3 is 0 Å². The Bertz CT molecular complexity index is 603. The van der Waals surface area contributed by atoms with E-state index in [0.717, 1.165) is 0 Å². The fourth-order valence-electron chi connectivity index (χ4n) is 5.39. The van der Waals surface area contributed by atoms with Gasteiger partial charge in [-0.1, -0.05) is 117 Å². The van der Waals surface area contributed by atoms with Gasteiger partial charge in [-0.2, -0.15) is 0 Å². The van der Waals surface area contributed by atoms with Crippen LogP contribution in [-0.4, -0.2) is 61.5 Å². The Morgan fingerprint density at radius 2 is 0.917 bits per heavy atom. The molecule has 0 aromatic heterocycles. The van der Waals surface area contributed by atoms with E-state index >= 15 is 0 Å². The zero-order valence-corrected chi connectivity index (χ0v) is 26.2. The Balaban J connectivity index is 3.98. The summed E-state index contributed by atoms with van der Waals surface area (Å²) in [5.41, 5.74) is 1.27. The molecule has 0 atom stereocenters. The number of nitrogens with zero attached hydrogens (tertiary/aromatic N) is 3. The molecule has 0 N–H and O–H groups in total. The zero-order chi connectivity index (χ0) is 26.7. The standard InChI is InChI=1S/C32H61N3Si/c1-8-15-24-33(25-16-9-2)36(32-23-21-22-31(14-7)30-32,34(26-17-10-3)27-18-11-4)35(28-19-12-5)29-20-13-6/h14,21-23,30H,7-13,15-20,24-29H2,1-6H3. The topological polar surface area (TPSA) is 9.72 Å². The normalized spacial score (nSPS) is 12.2. The monoisotopic (exact) mass is 515 g/mol. The first-order chi connectivity index (χ1) is 17.6. The summed E-state index contributed by atoms with van der Waals surface area (Å²) in [6, 6.07) is 9.55.